The summed E-state index contributed by atoms with van der Waals surface area (Å²) in [6.07, 6.45) is 0. The molecule has 0 saturated carbocycles. The van der Waals surface area contributed by atoms with Crippen LogP contribution in [0.5, 0.6) is 0 Å². The van der Waals surface area contributed by atoms with Crippen LogP contribution in [0.4, 0.5) is 4.39 Å². The first kappa shape index (κ1) is 19.4. The summed E-state index contributed by atoms with van der Waals surface area (Å²) in [7, 11) is 0. The summed E-state index contributed by atoms with van der Waals surface area (Å²) in [6.45, 7) is 6.24. The Kier molecular flexibility index (Phi) is 5.49. The molecule has 0 unspecified atom stereocenters. The largest absolute Gasteiger partial charge is 0.270 e. The predicted molar refractivity (Wildman–Crippen MR) is 117 cm³/mol. The summed E-state index contributed by atoms with van der Waals surface area (Å²) in [5, 5.41) is 9.92. The monoisotopic (exact) mass is 403 g/mol. The van der Waals surface area contributed by atoms with Crippen molar-refractivity contribution in [1.29, 1.82) is 0 Å². The molecule has 0 fully saturated rings. The van der Waals surface area contributed by atoms with Crippen LogP contribution in [0.15, 0.2) is 78.0 Å². The molecule has 0 amide bonds. The molecule has 1 aromatic heterocycles. The first-order chi connectivity index (χ1) is 14.0. The van der Waals surface area contributed by atoms with E-state index in [0.29, 0.717) is 0 Å². The lowest BCUT2D eigenvalue weighted by Gasteiger charge is -2.14. The molecule has 0 aliphatic rings. The minimum absolute atomic E-state index is 0.106. The van der Waals surface area contributed by atoms with Crippen LogP contribution in [0.1, 0.15) is 28.9 Å². The Morgan fingerprint density at radius 3 is 2.00 bits per heavy atom. The molecule has 5 heteroatoms. The summed E-state index contributed by atoms with van der Waals surface area (Å²) in [6, 6.07) is 23.3. The minimum Gasteiger partial charge on any atom is -0.270 e. The normalized spacial score (nSPS) is 12.1. The first-order valence-electron chi connectivity index (χ1n) is 9.53. The Bertz CT molecular complexity index is 1100. The second-order valence-electron chi connectivity index (χ2n) is 7.15. The molecule has 29 heavy (non-hydrogen) atoms. The van der Waals surface area contributed by atoms with Crippen LogP contribution < -0.4 is 0 Å². The van der Waals surface area contributed by atoms with E-state index in [2.05, 4.69) is 84.1 Å². The van der Waals surface area contributed by atoms with Gasteiger partial charge in [-0.3, -0.25) is 4.57 Å². The highest BCUT2D eigenvalue weighted by molar-refractivity contribution is 7.99. The van der Waals surface area contributed by atoms with Gasteiger partial charge >= 0.3 is 0 Å². The van der Waals surface area contributed by atoms with E-state index in [1.54, 1.807) is 11.8 Å². The van der Waals surface area contributed by atoms with Crippen LogP contribution in [0.25, 0.3) is 17.1 Å². The molecule has 146 valence electrons. The van der Waals surface area contributed by atoms with Gasteiger partial charge in [0, 0.05) is 16.5 Å². The number of halogens is 1. The first-order valence-corrected chi connectivity index (χ1v) is 10.4. The quantitative estimate of drug-likeness (QED) is 0.354. The van der Waals surface area contributed by atoms with E-state index in [1.807, 2.05) is 12.1 Å². The Morgan fingerprint density at radius 2 is 1.38 bits per heavy atom. The molecule has 1 atom stereocenters. The molecule has 0 bridgehead atoms. The van der Waals surface area contributed by atoms with Gasteiger partial charge in [-0.15, -0.1) is 10.2 Å². The van der Waals surface area contributed by atoms with E-state index in [-0.39, 0.29) is 11.1 Å². The Morgan fingerprint density at radius 1 is 0.793 bits per heavy atom. The van der Waals surface area contributed by atoms with Crippen molar-refractivity contribution in [2.75, 3.05) is 0 Å². The van der Waals surface area contributed by atoms with Gasteiger partial charge in [-0.25, -0.2) is 4.39 Å². The molecule has 3 aromatic carbocycles. The number of thioether (sulfide) groups is 1. The predicted octanol–water partition coefficient (Wildman–Crippen LogP) is 6.54. The zero-order chi connectivity index (χ0) is 20.4. The average molecular weight is 404 g/mol. The number of aryl methyl sites for hydroxylation is 2. The van der Waals surface area contributed by atoms with Crippen LogP contribution in [0.3, 0.4) is 0 Å². The van der Waals surface area contributed by atoms with Crippen LogP contribution in [-0.4, -0.2) is 14.8 Å². The second-order valence-corrected chi connectivity index (χ2v) is 8.46. The SMILES string of the molecule is Cc1ccc(-c2nnc(S[C@H](C)c3ccc(F)cc3)n2-c2ccc(C)cc2)cc1. The van der Waals surface area contributed by atoms with Gasteiger partial charge < -0.3 is 0 Å². The van der Waals surface area contributed by atoms with Crippen molar-refractivity contribution >= 4 is 11.8 Å². The molecule has 0 aliphatic carbocycles. The third kappa shape index (κ3) is 4.25. The summed E-state index contributed by atoms with van der Waals surface area (Å²) in [5.41, 5.74) is 5.49. The third-order valence-corrected chi connectivity index (χ3v) is 5.96. The fourth-order valence-electron chi connectivity index (χ4n) is 3.12. The smallest absolute Gasteiger partial charge is 0.196 e. The summed E-state index contributed by atoms with van der Waals surface area (Å²) in [4.78, 5) is 0. The van der Waals surface area contributed by atoms with Crippen molar-refractivity contribution < 1.29 is 4.39 Å². The van der Waals surface area contributed by atoms with Gasteiger partial charge in [0.15, 0.2) is 11.0 Å². The number of rotatable bonds is 5. The maximum atomic E-state index is 13.3. The molecular formula is C24H22FN3S. The molecule has 1 heterocycles. The number of hydrogen-bond acceptors (Lipinski definition) is 3. The highest BCUT2D eigenvalue weighted by Gasteiger charge is 2.19. The van der Waals surface area contributed by atoms with E-state index < -0.39 is 0 Å². The zero-order valence-electron chi connectivity index (χ0n) is 16.6. The Hall–Kier alpha value is -2.92. The van der Waals surface area contributed by atoms with Crippen LogP contribution in [0.2, 0.25) is 0 Å². The zero-order valence-corrected chi connectivity index (χ0v) is 17.4. The molecule has 0 aliphatic heterocycles. The maximum Gasteiger partial charge on any atom is 0.196 e. The molecule has 4 aromatic rings. The van der Waals surface area contributed by atoms with Gasteiger partial charge in [0.25, 0.3) is 0 Å². The van der Waals surface area contributed by atoms with E-state index in [0.717, 1.165) is 27.8 Å². The fraction of sp³-hybridized carbons (Fsp3) is 0.167. The number of nitrogens with zero attached hydrogens (tertiary/aromatic N) is 3. The highest BCUT2D eigenvalue weighted by Crippen LogP contribution is 2.37. The van der Waals surface area contributed by atoms with Gasteiger partial charge in [-0.1, -0.05) is 71.4 Å². The van der Waals surface area contributed by atoms with E-state index >= 15 is 0 Å². The topological polar surface area (TPSA) is 30.7 Å². The van der Waals surface area contributed by atoms with Gasteiger partial charge in [0.1, 0.15) is 5.82 Å². The van der Waals surface area contributed by atoms with Crippen molar-refractivity contribution in [3.8, 4) is 17.1 Å². The van der Waals surface area contributed by atoms with Crippen molar-refractivity contribution in [2.45, 2.75) is 31.2 Å². The maximum absolute atomic E-state index is 13.3. The number of benzene rings is 3. The standard InChI is InChI=1S/C24H22FN3S/c1-16-4-8-20(9-5-16)23-26-27-24(28(23)22-14-6-17(2)7-15-22)29-18(3)19-10-12-21(25)13-11-19/h4-15,18H,1-3H3/t18-/m1/s1. The van der Waals surface area contributed by atoms with Crippen molar-refractivity contribution in [3.05, 3.63) is 95.3 Å². The van der Waals surface area contributed by atoms with Crippen molar-refractivity contribution in [1.82, 2.24) is 14.8 Å². The van der Waals surface area contributed by atoms with Crippen LogP contribution in [-0.2, 0) is 0 Å². The molecule has 0 saturated heterocycles. The Labute approximate surface area is 174 Å². The summed E-state index contributed by atoms with van der Waals surface area (Å²) in [5.74, 6) is 0.582. The average Bonchev–Trinajstić information content (AvgIpc) is 3.13. The lowest BCUT2D eigenvalue weighted by Crippen LogP contribution is -2.01. The Balaban J connectivity index is 1.76. The number of aromatic nitrogens is 3. The summed E-state index contributed by atoms with van der Waals surface area (Å²) < 4.78 is 15.4. The molecule has 0 radical (unpaired) electrons. The minimum atomic E-state index is -0.226. The van der Waals surface area contributed by atoms with Crippen LogP contribution >= 0.6 is 11.8 Å². The second kappa shape index (κ2) is 8.21. The van der Waals surface area contributed by atoms with E-state index in [4.69, 9.17) is 0 Å². The molecule has 3 nitrogen and oxygen atoms in total. The van der Waals surface area contributed by atoms with E-state index in [1.165, 1.54) is 23.3 Å². The molecular weight excluding hydrogens is 381 g/mol. The molecule has 0 N–H and O–H groups in total. The van der Waals surface area contributed by atoms with Crippen LogP contribution in [0, 0.1) is 19.7 Å². The van der Waals surface area contributed by atoms with Gasteiger partial charge in [-0.2, -0.15) is 0 Å². The molecule has 0 spiro atoms. The fourth-order valence-corrected chi connectivity index (χ4v) is 4.12. The van der Waals surface area contributed by atoms with Gasteiger partial charge in [0.2, 0.25) is 0 Å². The van der Waals surface area contributed by atoms with Gasteiger partial charge in [-0.05, 0) is 50.6 Å². The third-order valence-electron chi connectivity index (χ3n) is 4.86. The molecule has 4 rings (SSSR count). The lowest BCUT2D eigenvalue weighted by molar-refractivity contribution is 0.627. The van der Waals surface area contributed by atoms with Crippen molar-refractivity contribution in [3.63, 3.8) is 0 Å². The summed E-state index contributed by atoms with van der Waals surface area (Å²) >= 11 is 1.61. The van der Waals surface area contributed by atoms with E-state index in [9.17, 15) is 4.39 Å². The highest BCUT2D eigenvalue weighted by atomic mass is 32.2. The van der Waals surface area contributed by atoms with Gasteiger partial charge in [0.05, 0.1) is 0 Å². The number of hydrogen-bond donors (Lipinski definition) is 0. The van der Waals surface area contributed by atoms with Crippen molar-refractivity contribution in [2.24, 2.45) is 0 Å². The lowest BCUT2D eigenvalue weighted by atomic mass is 10.1.